The van der Waals surface area contributed by atoms with Crippen LogP contribution in [0, 0.1) is 5.82 Å². The molecule has 1 heterocycles. The van der Waals surface area contributed by atoms with E-state index in [1.165, 1.54) is 66.9 Å². The minimum Gasteiger partial charge on any atom is -0.508 e. The fourth-order valence-electron chi connectivity index (χ4n) is 4.22. The number of phenolic OH excluding ortho intramolecular Hbond substituents is 1. The number of carbonyl (C=O) groups is 3. The average Bonchev–Trinajstić information content (AvgIpc) is 3.47. The summed E-state index contributed by atoms with van der Waals surface area (Å²) in [6, 6.07) is 12.3. The quantitative estimate of drug-likeness (QED) is 0.216. The predicted molar refractivity (Wildman–Crippen MR) is 148 cm³/mol. The van der Waals surface area contributed by atoms with Gasteiger partial charge in [-0.05, 0) is 53.3 Å². The van der Waals surface area contributed by atoms with E-state index in [1.54, 1.807) is 6.29 Å². The molecule has 0 aliphatic carbocycles. The molecule has 0 bridgehead atoms. The van der Waals surface area contributed by atoms with Crippen LogP contribution in [0.15, 0.2) is 66.0 Å². The molecule has 0 aliphatic rings. The Hall–Kier alpha value is -3.93. The highest BCUT2D eigenvalue weighted by molar-refractivity contribution is 7.09. The number of benzene rings is 2. The van der Waals surface area contributed by atoms with Crippen molar-refractivity contribution in [1.29, 1.82) is 0 Å². The van der Waals surface area contributed by atoms with E-state index in [-0.39, 0.29) is 31.4 Å². The number of Topliss-reactive ketones (excluding diaryl/α,β-unsaturated/α-hetero) is 1. The first kappa shape index (κ1) is 30.6. The van der Waals surface area contributed by atoms with Crippen LogP contribution < -0.4 is 11.1 Å². The number of rotatable bonds is 14. The van der Waals surface area contributed by atoms with Gasteiger partial charge in [-0.3, -0.25) is 19.2 Å². The molecular formula is C29H31FN3O6S. The molecule has 0 aliphatic heterocycles. The number of nitrogens with two attached hydrogens (primary N) is 1. The van der Waals surface area contributed by atoms with Gasteiger partial charge >= 0.3 is 0 Å². The largest absolute Gasteiger partial charge is 0.508 e. The number of nitrogens with zero attached hydrogens (tertiary/aromatic N) is 1. The van der Waals surface area contributed by atoms with Crippen LogP contribution in [0.5, 0.6) is 5.75 Å². The second kappa shape index (κ2) is 13.9. The van der Waals surface area contributed by atoms with Crippen molar-refractivity contribution in [2.24, 2.45) is 5.73 Å². The molecule has 0 saturated carbocycles. The van der Waals surface area contributed by atoms with Gasteiger partial charge in [0.05, 0.1) is 12.6 Å². The molecule has 0 fully saturated rings. The van der Waals surface area contributed by atoms with Crippen molar-refractivity contribution in [2.75, 3.05) is 13.7 Å². The number of halogens is 1. The van der Waals surface area contributed by atoms with Gasteiger partial charge in [0.25, 0.3) is 0 Å². The van der Waals surface area contributed by atoms with Crippen molar-refractivity contribution in [3.05, 3.63) is 87.9 Å². The molecular weight excluding hydrogens is 537 g/mol. The van der Waals surface area contributed by atoms with Gasteiger partial charge in [0.2, 0.25) is 18.1 Å². The lowest BCUT2D eigenvalue weighted by Crippen LogP contribution is -2.65. The molecule has 0 spiro atoms. The highest BCUT2D eigenvalue weighted by Crippen LogP contribution is 2.24. The molecule has 5 N–H and O–H groups in total. The summed E-state index contributed by atoms with van der Waals surface area (Å²) in [5.74, 6) is -2.71. The van der Waals surface area contributed by atoms with Crippen LogP contribution in [0.3, 0.4) is 0 Å². The Morgan fingerprint density at radius 2 is 1.75 bits per heavy atom. The minimum absolute atomic E-state index is 0.0419. The minimum atomic E-state index is -2.23. The number of hydrogen-bond donors (Lipinski definition) is 4. The number of amides is 2. The number of carbonyl (C=O) groups excluding carboxylic acids is 4. The number of thiophene rings is 1. The number of hydrogen-bond acceptors (Lipinski definition) is 8. The van der Waals surface area contributed by atoms with Gasteiger partial charge in [-0.2, -0.15) is 0 Å². The summed E-state index contributed by atoms with van der Waals surface area (Å²) in [6.45, 7) is -0.854. The molecule has 211 valence electrons. The van der Waals surface area contributed by atoms with E-state index >= 15 is 0 Å². The van der Waals surface area contributed by atoms with Gasteiger partial charge in [0.15, 0.2) is 11.3 Å². The summed E-state index contributed by atoms with van der Waals surface area (Å²) in [7, 11) is 1.27. The molecule has 2 aromatic carbocycles. The maximum Gasteiger partial charge on any atom is 0.237 e. The summed E-state index contributed by atoms with van der Waals surface area (Å²) in [5, 5.41) is 24.0. The Kier molecular flexibility index (Phi) is 10.7. The summed E-state index contributed by atoms with van der Waals surface area (Å²) in [4.78, 5) is 54.4. The van der Waals surface area contributed by atoms with E-state index < -0.39 is 47.6 Å². The normalized spacial score (nSPS) is 14.0. The predicted octanol–water partition coefficient (Wildman–Crippen LogP) is 1.69. The zero-order valence-corrected chi connectivity index (χ0v) is 22.7. The van der Waals surface area contributed by atoms with E-state index in [0.29, 0.717) is 11.1 Å². The topological polar surface area (TPSA) is 150 Å². The van der Waals surface area contributed by atoms with Gasteiger partial charge in [0.1, 0.15) is 17.6 Å². The van der Waals surface area contributed by atoms with E-state index in [2.05, 4.69) is 5.32 Å². The molecule has 3 aromatic rings. The van der Waals surface area contributed by atoms with Gasteiger partial charge < -0.3 is 26.2 Å². The third-order valence-corrected chi connectivity index (χ3v) is 7.51. The smallest absolute Gasteiger partial charge is 0.237 e. The maximum atomic E-state index is 13.9. The van der Waals surface area contributed by atoms with Gasteiger partial charge in [0, 0.05) is 31.2 Å². The number of nitrogens with one attached hydrogen (secondary N) is 1. The number of aryl methyl sites for hydroxylation is 1. The SMILES string of the molecule is CN(C(=O)CCc1ccc(F)cc1)[C@]([C]=O)(Cc1ccc(O)cc1)C(=O)[C@H](CO)NC(=O)[C@@H](N)Cc1cccs1. The van der Waals surface area contributed by atoms with E-state index in [4.69, 9.17) is 5.73 Å². The van der Waals surface area contributed by atoms with Crippen LogP contribution in [-0.2, 0) is 38.4 Å². The number of likely N-dealkylation sites (N-methyl/N-ethyl adjacent to an activating group) is 1. The molecule has 3 rings (SSSR count). The Morgan fingerprint density at radius 3 is 2.33 bits per heavy atom. The second-order valence-electron chi connectivity index (χ2n) is 9.38. The first-order chi connectivity index (χ1) is 19.1. The van der Waals surface area contributed by atoms with Gasteiger partial charge in [-0.15, -0.1) is 11.3 Å². The summed E-state index contributed by atoms with van der Waals surface area (Å²) in [6.07, 6.45) is 1.69. The molecule has 3 atom stereocenters. The Morgan fingerprint density at radius 1 is 1.10 bits per heavy atom. The molecule has 2 amide bonds. The van der Waals surface area contributed by atoms with Crippen LogP contribution in [0.2, 0.25) is 0 Å². The maximum absolute atomic E-state index is 13.9. The lowest BCUT2D eigenvalue weighted by atomic mass is 9.82. The Bertz CT molecular complexity index is 1300. The number of aromatic hydroxyl groups is 1. The summed E-state index contributed by atoms with van der Waals surface area (Å²) >= 11 is 1.41. The van der Waals surface area contributed by atoms with Crippen LogP contribution in [0.4, 0.5) is 4.39 Å². The van der Waals surface area contributed by atoms with Crippen LogP contribution in [0.25, 0.3) is 0 Å². The van der Waals surface area contributed by atoms with Crippen LogP contribution in [-0.4, -0.2) is 70.3 Å². The zero-order chi connectivity index (χ0) is 29.3. The average molecular weight is 569 g/mol. The van der Waals surface area contributed by atoms with Gasteiger partial charge in [-0.1, -0.05) is 30.3 Å². The van der Waals surface area contributed by atoms with E-state index in [9.17, 15) is 33.8 Å². The summed E-state index contributed by atoms with van der Waals surface area (Å²) in [5.41, 5.74) is 4.89. The van der Waals surface area contributed by atoms with Crippen molar-refractivity contribution in [2.45, 2.75) is 43.3 Å². The van der Waals surface area contributed by atoms with Crippen molar-refractivity contribution in [3.8, 4) is 5.75 Å². The Balaban J connectivity index is 1.86. The fraction of sp³-hybridized carbons (Fsp3) is 0.310. The first-order valence-electron chi connectivity index (χ1n) is 12.5. The van der Waals surface area contributed by atoms with E-state index in [0.717, 1.165) is 9.78 Å². The monoisotopic (exact) mass is 568 g/mol. The standard InChI is InChI=1S/C29H31FN3O6S/c1-33(26(37)13-8-19-4-9-21(30)10-5-19)29(18-35,16-20-6-11-22(36)12-7-20)27(38)25(17-34)32-28(39)24(31)15-23-3-2-14-40-23/h2-7,9-12,14,24-25,34,36H,8,13,15-17,31H2,1H3,(H,32,39)/t24-,25-,29-/m0/s1. The number of ketones is 1. The van der Waals surface area contributed by atoms with E-state index in [1.807, 2.05) is 17.5 Å². The number of aliphatic hydroxyl groups excluding tert-OH is 1. The lowest BCUT2D eigenvalue weighted by molar-refractivity contribution is -0.143. The zero-order valence-electron chi connectivity index (χ0n) is 21.9. The third-order valence-electron chi connectivity index (χ3n) is 6.61. The van der Waals surface area contributed by atoms with Crippen molar-refractivity contribution in [1.82, 2.24) is 10.2 Å². The number of aliphatic hydroxyl groups is 1. The second-order valence-corrected chi connectivity index (χ2v) is 10.4. The molecule has 40 heavy (non-hydrogen) atoms. The van der Waals surface area contributed by atoms with Crippen molar-refractivity contribution < 1.29 is 33.8 Å². The lowest BCUT2D eigenvalue weighted by Gasteiger charge is -2.38. The van der Waals surface area contributed by atoms with Crippen molar-refractivity contribution in [3.63, 3.8) is 0 Å². The number of phenols is 1. The highest BCUT2D eigenvalue weighted by Gasteiger charge is 2.48. The molecule has 9 nitrogen and oxygen atoms in total. The molecule has 1 radical (unpaired) electrons. The summed E-state index contributed by atoms with van der Waals surface area (Å²) < 4.78 is 13.3. The van der Waals surface area contributed by atoms with Crippen molar-refractivity contribution >= 4 is 35.2 Å². The van der Waals surface area contributed by atoms with Crippen LogP contribution in [0.1, 0.15) is 22.4 Å². The van der Waals surface area contributed by atoms with Gasteiger partial charge in [-0.25, -0.2) is 4.39 Å². The fourth-order valence-corrected chi connectivity index (χ4v) is 4.98. The molecule has 0 unspecified atom stereocenters. The molecule has 11 heteroatoms. The molecule has 1 aromatic heterocycles. The Labute approximate surface area is 235 Å². The first-order valence-corrected chi connectivity index (χ1v) is 13.4. The highest BCUT2D eigenvalue weighted by atomic mass is 32.1. The van der Waals surface area contributed by atoms with Crippen LogP contribution >= 0.6 is 11.3 Å². The molecule has 0 saturated heterocycles. The third kappa shape index (κ3) is 7.59.